The summed E-state index contributed by atoms with van der Waals surface area (Å²) in [4.78, 5) is 0.256. The highest BCUT2D eigenvalue weighted by molar-refractivity contribution is 7.89. The minimum Gasteiger partial charge on any atom is -0.398 e. The van der Waals surface area contributed by atoms with Crippen LogP contribution in [0.5, 0.6) is 0 Å². The zero-order chi connectivity index (χ0) is 13.3. The fraction of sp³-hybridized carbons (Fsp3) is 0.500. The van der Waals surface area contributed by atoms with Crippen molar-refractivity contribution in [2.45, 2.75) is 31.2 Å². The molecule has 6 heteroatoms. The number of sulfonamides is 1. The summed E-state index contributed by atoms with van der Waals surface area (Å²) in [5.41, 5.74) is 7.73. The molecule has 1 aliphatic heterocycles. The van der Waals surface area contributed by atoms with Crippen LogP contribution in [-0.4, -0.2) is 27.7 Å². The fourth-order valence-corrected chi connectivity index (χ4v) is 3.66. The van der Waals surface area contributed by atoms with Gasteiger partial charge in [-0.05, 0) is 43.5 Å². The summed E-state index contributed by atoms with van der Waals surface area (Å²) in [6.45, 7) is 4.57. The number of hydrogen-bond donors (Lipinski definition) is 2. The lowest BCUT2D eigenvalue weighted by molar-refractivity contribution is 0.192. The molecule has 0 saturated carbocycles. The molecule has 0 amide bonds. The van der Waals surface area contributed by atoms with Crippen LogP contribution in [0.2, 0.25) is 0 Å². The molecule has 3 N–H and O–H groups in total. The molecule has 0 aliphatic carbocycles. The van der Waals surface area contributed by atoms with E-state index < -0.39 is 10.0 Å². The third kappa shape index (κ3) is 2.66. The molecule has 1 fully saturated rings. The van der Waals surface area contributed by atoms with Crippen LogP contribution in [0.3, 0.4) is 0 Å². The van der Waals surface area contributed by atoms with Crippen molar-refractivity contribution in [3.63, 3.8) is 0 Å². The Morgan fingerprint density at radius 3 is 2.72 bits per heavy atom. The molecule has 5 nitrogen and oxygen atoms in total. The molecule has 2 rings (SSSR count). The summed E-state index contributed by atoms with van der Waals surface area (Å²) in [6, 6.07) is 3.27. The van der Waals surface area contributed by atoms with Gasteiger partial charge < -0.3 is 10.5 Å². The average Bonchev–Trinajstić information content (AvgIpc) is 2.75. The molecule has 1 saturated heterocycles. The minimum absolute atomic E-state index is 0.142. The zero-order valence-electron chi connectivity index (χ0n) is 10.6. The van der Waals surface area contributed by atoms with Gasteiger partial charge in [-0.1, -0.05) is 0 Å². The van der Waals surface area contributed by atoms with Gasteiger partial charge in [0.15, 0.2) is 0 Å². The first-order chi connectivity index (χ1) is 8.40. The van der Waals surface area contributed by atoms with Gasteiger partial charge in [0.1, 0.15) is 0 Å². The molecule has 1 aliphatic rings. The molecular weight excluding hydrogens is 252 g/mol. The van der Waals surface area contributed by atoms with E-state index in [-0.39, 0.29) is 10.9 Å². The van der Waals surface area contributed by atoms with Gasteiger partial charge in [-0.15, -0.1) is 0 Å². The van der Waals surface area contributed by atoms with E-state index in [2.05, 4.69) is 4.72 Å². The molecule has 100 valence electrons. The summed E-state index contributed by atoms with van der Waals surface area (Å²) < 4.78 is 32.4. The summed E-state index contributed by atoms with van der Waals surface area (Å²) >= 11 is 0. The number of nitrogen functional groups attached to an aromatic ring is 1. The highest BCUT2D eigenvalue weighted by Gasteiger charge is 2.25. The van der Waals surface area contributed by atoms with E-state index in [1.165, 1.54) is 0 Å². The minimum atomic E-state index is -3.53. The average molecular weight is 270 g/mol. The first-order valence-electron chi connectivity index (χ1n) is 5.87. The third-order valence-corrected chi connectivity index (χ3v) is 4.73. The lowest BCUT2D eigenvalue weighted by atomic mass is 10.1. The number of aryl methyl sites for hydroxylation is 1. The maximum atomic E-state index is 12.3. The van der Waals surface area contributed by atoms with Crippen molar-refractivity contribution in [2.24, 2.45) is 0 Å². The van der Waals surface area contributed by atoms with Crippen molar-refractivity contribution in [2.75, 3.05) is 18.9 Å². The van der Waals surface area contributed by atoms with Gasteiger partial charge in [-0.2, -0.15) is 0 Å². The Morgan fingerprint density at radius 1 is 1.39 bits per heavy atom. The molecule has 1 aromatic carbocycles. The predicted octanol–water partition coefficient (Wildman–Crippen LogP) is 0.953. The van der Waals surface area contributed by atoms with E-state index in [1.54, 1.807) is 19.1 Å². The molecular formula is C12H18N2O3S. The van der Waals surface area contributed by atoms with E-state index in [9.17, 15) is 8.42 Å². The summed E-state index contributed by atoms with van der Waals surface area (Å²) in [5, 5.41) is 0. The monoisotopic (exact) mass is 270 g/mol. The number of hydrogen-bond acceptors (Lipinski definition) is 4. The molecule has 0 bridgehead atoms. The van der Waals surface area contributed by atoms with Crippen molar-refractivity contribution in [1.82, 2.24) is 4.72 Å². The van der Waals surface area contributed by atoms with E-state index in [0.29, 0.717) is 30.9 Å². The fourth-order valence-electron chi connectivity index (χ4n) is 2.04. The Kier molecular flexibility index (Phi) is 3.61. The van der Waals surface area contributed by atoms with Crippen LogP contribution in [0.1, 0.15) is 17.5 Å². The van der Waals surface area contributed by atoms with Crippen molar-refractivity contribution < 1.29 is 13.2 Å². The molecule has 1 unspecified atom stereocenters. The highest BCUT2D eigenvalue weighted by Crippen LogP contribution is 2.23. The van der Waals surface area contributed by atoms with Crippen LogP contribution in [0, 0.1) is 13.8 Å². The molecule has 0 radical (unpaired) electrons. The van der Waals surface area contributed by atoms with Crippen molar-refractivity contribution in [3.8, 4) is 0 Å². The molecule has 0 spiro atoms. The number of nitrogens with two attached hydrogens (primary N) is 1. The van der Waals surface area contributed by atoms with Crippen LogP contribution in [-0.2, 0) is 14.8 Å². The summed E-state index contributed by atoms with van der Waals surface area (Å²) in [6.07, 6.45) is 0.708. The van der Waals surface area contributed by atoms with Crippen LogP contribution in [0.25, 0.3) is 0 Å². The maximum absolute atomic E-state index is 12.3. The number of anilines is 1. The van der Waals surface area contributed by atoms with Crippen molar-refractivity contribution in [1.29, 1.82) is 0 Å². The Morgan fingerprint density at radius 2 is 2.11 bits per heavy atom. The lowest BCUT2D eigenvalue weighted by Gasteiger charge is -2.15. The smallest absolute Gasteiger partial charge is 0.241 e. The Balaban J connectivity index is 2.34. The van der Waals surface area contributed by atoms with Crippen molar-refractivity contribution in [3.05, 3.63) is 23.3 Å². The van der Waals surface area contributed by atoms with Crippen LogP contribution in [0.15, 0.2) is 17.0 Å². The number of nitrogens with one attached hydrogen (secondary N) is 1. The second kappa shape index (κ2) is 4.87. The molecule has 1 aromatic rings. The number of rotatable bonds is 3. The second-order valence-electron chi connectivity index (χ2n) is 4.66. The van der Waals surface area contributed by atoms with Gasteiger partial charge in [0.25, 0.3) is 0 Å². The molecule has 0 aromatic heterocycles. The van der Waals surface area contributed by atoms with Crippen molar-refractivity contribution >= 4 is 15.7 Å². The van der Waals surface area contributed by atoms with E-state index in [0.717, 1.165) is 5.56 Å². The standard InChI is InChI=1S/C12H18N2O3S/c1-8-5-11(13)9(2)12(6-8)18(15,16)14-10-3-4-17-7-10/h5-6,10,14H,3-4,7,13H2,1-2H3. The largest absolute Gasteiger partial charge is 0.398 e. The normalized spacial score (nSPS) is 20.2. The van der Waals surface area contributed by atoms with Crippen LogP contribution < -0.4 is 10.5 Å². The Hall–Kier alpha value is -1.11. The first kappa shape index (κ1) is 13.3. The van der Waals surface area contributed by atoms with Crippen LogP contribution in [0.4, 0.5) is 5.69 Å². The second-order valence-corrected chi connectivity index (χ2v) is 6.34. The first-order valence-corrected chi connectivity index (χ1v) is 7.35. The van der Waals surface area contributed by atoms with E-state index >= 15 is 0 Å². The summed E-state index contributed by atoms with van der Waals surface area (Å²) in [5.74, 6) is 0. The molecule has 1 atom stereocenters. The number of ether oxygens (including phenoxy) is 1. The topological polar surface area (TPSA) is 81.4 Å². The quantitative estimate of drug-likeness (QED) is 0.801. The predicted molar refractivity (Wildman–Crippen MR) is 69.9 cm³/mol. The van der Waals surface area contributed by atoms with Crippen LogP contribution >= 0.6 is 0 Å². The summed E-state index contributed by atoms with van der Waals surface area (Å²) in [7, 11) is -3.53. The maximum Gasteiger partial charge on any atom is 0.241 e. The SMILES string of the molecule is Cc1cc(N)c(C)c(S(=O)(=O)NC2CCOC2)c1. The van der Waals surface area contributed by atoms with Gasteiger partial charge in [0.05, 0.1) is 11.5 Å². The van der Waals surface area contributed by atoms with Gasteiger partial charge >= 0.3 is 0 Å². The zero-order valence-corrected chi connectivity index (χ0v) is 11.4. The van der Waals surface area contributed by atoms with Gasteiger partial charge in [-0.25, -0.2) is 13.1 Å². The van der Waals surface area contributed by atoms with Gasteiger partial charge in [0.2, 0.25) is 10.0 Å². The highest BCUT2D eigenvalue weighted by atomic mass is 32.2. The Bertz CT molecular complexity index is 549. The Labute approximate surface area is 107 Å². The van der Waals surface area contributed by atoms with E-state index in [4.69, 9.17) is 10.5 Å². The number of benzene rings is 1. The van der Waals surface area contributed by atoms with E-state index in [1.807, 2.05) is 6.92 Å². The lowest BCUT2D eigenvalue weighted by Crippen LogP contribution is -2.35. The molecule has 1 heterocycles. The van der Waals surface area contributed by atoms with Gasteiger partial charge in [-0.3, -0.25) is 0 Å². The third-order valence-electron chi connectivity index (χ3n) is 3.09. The molecule has 18 heavy (non-hydrogen) atoms. The van der Waals surface area contributed by atoms with Gasteiger partial charge in [0, 0.05) is 18.3 Å².